The standard InChI is InChI=1S/C24H25N3O3S/c1-16(28)24(27-13-11-26(12-14-27)23(29)21-10-5-15-31-21)30-20-9-4-8-19-22(20)17-6-2-3-7-18(17)25-19/h2-10,15-16,24-25,28H,11-14H2,1H3. The molecule has 0 radical (unpaired) electrons. The molecule has 0 saturated carbocycles. The third kappa shape index (κ3) is 3.80. The first-order valence-corrected chi connectivity index (χ1v) is 11.4. The van der Waals surface area contributed by atoms with Crippen molar-refractivity contribution in [3.8, 4) is 5.75 Å². The molecule has 6 nitrogen and oxygen atoms in total. The maximum absolute atomic E-state index is 12.6. The van der Waals surface area contributed by atoms with Gasteiger partial charge in [-0.25, -0.2) is 0 Å². The number of aromatic amines is 1. The minimum atomic E-state index is -0.681. The highest BCUT2D eigenvalue weighted by Crippen LogP contribution is 2.34. The molecule has 0 spiro atoms. The molecule has 5 rings (SSSR count). The number of hydrogen-bond donors (Lipinski definition) is 2. The molecule has 7 heteroatoms. The Morgan fingerprint density at radius 3 is 2.55 bits per heavy atom. The largest absolute Gasteiger partial charge is 0.472 e. The number of para-hydroxylation sites is 1. The number of aliphatic hydroxyl groups excluding tert-OH is 1. The number of fused-ring (bicyclic) bond motifs is 3. The second-order valence-electron chi connectivity index (χ2n) is 7.90. The second-order valence-corrected chi connectivity index (χ2v) is 8.85. The number of carbonyl (C=O) groups excluding carboxylic acids is 1. The first-order chi connectivity index (χ1) is 15.1. The monoisotopic (exact) mass is 435 g/mol. The minimum absolute atomic E-state index is 0.0766. The van der Waals surface area contributed by atoms with Crippen LogP contribution >= 0.6 is 11.3 Å². The molecule has 0 bridgehead atoms. The van der Waals surface area contributed by atoms with Gasteiger partial charge in [0, 0.05) is 42.5 Å². The quantitative estimate of drug-likeness (QED) is 0.499. The summed E-state index contributed by atoms with van der Waals surface area (Å²) < 4.78 is 6.42. The number of thiophene rings is 1. The molecule has 0 aliphatic carbocycles. The van der Waals surface area contributed by atoms with Crippen LogP contribution in [-0.2, 0) is 0 Å². The van der Waals surface area contributed by atoms with Crippen LogP contribution in [0.3, 0.4) is 0 Å². The highest BCUT2D eigenvalue weighted by Gasteiger charge is 2.31. The number of ether oxygens (including phenoxy) is 1. The third-order valence-electron chi connectivity index (χ3n) is 5.85. The lowest BCUT2D eigenvalue weighted by Crippen LogP contribution is -2.56. The maximum Gasteiger partial charge on any atom is 0.264 e. The normalized spacial score (nSPS) is 17.2. The Morgan fingerprint density at radius 2 is 1.81 bits per heavy atom. The van der Waals surface area contributed by atoms with Gasteiger partial charge in [0.05, 0.1) is 10.4 Å². The third-order valence-corrected chi connectivity index (χ3v) is 6.70. The number of rotatable bonds is 5. The van der Waals surface area contributed by atoms with Crippen molar-refractivity contribution in [2.45, 2.75) is 19.3 Å². The van der Waals surface area contributed by atoms with Crippen LogP contribution in [0.4, 0.5) is 0 Å². The van der Waals surface area contributed by atoms with Gasteiger partial charge in [0.25, 0.3) is 5.91 Å². The van der Waals surface area contributed by atoms with Crippen molar-refractivity contribution in [2.24, 2.45) is 0 Å². The van der Waals surface area contributed by atoms with E-state index in [4.69, 9.17) is 4.74 Å². The lowest BCUT2D eigenvalue weighted by molar-refractivity contribution is -0.0708. The molecule has 160 valence electrons. The average molecular weight is 436 g/mol. The van der Waals surface area contributed by atoms with Gasteiger partial charge < -0.3 is 19.7 Å². The van der Waals surface area contributed by atoms with Crippen molar-refractivity contribution in [3.05, 3.63) is 64.9 Å². The molecule has 1 amide bonds. The van der Waals surface area contributed by atoms with Gasteiger partial charge in [0.2, 0.25) is 0 Å². The fourth-order valence-electron chi connectivity index (χ4n) is 4.31. The molecule has 2 N–H and O–H groups in total. The Hall–Kier alpha value is -2.87. The van der Waals surface area contributed by atoms with E-state index in [1.807, 2.05) is 52.7 Å². The van der Waals surface area contributed by atoms with Crippen LogP contribution in [0.15, 0.2) is 60.0 Å². The lowest BCUT2D eigenvalue weighted by Gasteiger charge is -2.40. The summed E-state index contributed by atoms with van der Waals surface area (Å²) in [5, 5.41) is 14.6. The number of carbonyl (C=O) groups is 1. The van der Waals surface area contributed by atoms with Crippen LogP contribution in [0, 0.1) is 0 Å². The van der Waals surface area contributed by atoms with Gasteiger partial charge in [-0.05, 0) is 36.6 Å². The molecule has 1 aliphatic rings. The predicted molar refractivity (Wildman–Crippen MR) is 124 cm³/mol. The minimum Gasteiger partial charge on any atom is -0.472 e. The van der Waals surface area contributed by atoms with E-state index < -0.39 is 12.3 Å². The van der Waals surface area contributed by atoms with Gasteiger partial charge in [-0.2, -0.15) is 0 Å². The van der Waals surface area contributed by atoms with Gasteiger partial charge in [-0.3, -0.25) is 9.69 Å². The summed E-state index contributed by atoms with van der Waals surface area (Å²) in [5.74, 6) is 0.825. The van der Waals surface area contributed by atoms with Crippen molar-refractivity contribution in [2.75, 3.05) is 26.2 Å². The van der Waals surface area contributed by atoms with Crippen molar-refractivity contribution in [1.82, 2.24) is 14.8 Å². The molecule has 2 aromatic heterocycles. The average Bonchev–Trinajstić information content (AvgIpc) is 3.45. The number of hydrogen-bond acceptors (Lipinski definition) is 5. The Morgan fingerprint density at radius 1 is 1.03 bits per heavy atom. The van der Waals surface area contributed by atoms with Crippen LogP contribution in [0.5, 0.6) is 5.75 Å². The molecule has 2 atom stereocenters. The Balaban J connectivity index is 1.36. The Labute approximate surface area is 184 Å². The molecule has 31 heavy (non-hydrogen) atoms. The second kappa shape index (κ2) is 8.34. The number of amides is 1. The molecule has 4 aromatic rings. The van der Waals surface area contributed by atoms with E-state index in [0.29, 0.717) is 26.2 Å². The van der Waals surface area contributed by atoms with Crippen LogP contribution in [0.2, 0.25) is 0 Å². The van der Waals surface area contributed by atoms with E-state index in [2.05, 4.69) is 22.0 Å². The van der Waals surface area contributed by atoms with Gasteiger partial charge >= 0.3 is 0 Å². The van der Waals surface area contributed by atoms with Gasteiger partial charge in [-0.1, -0.05) is 30.3 Å². The number of benzene rings is 2. The number of aromatic nitrogens is 1. The number of H-pyrrole nitrogens is 1. The highest BCUT2D eigenvalue weighted by molar-refractivity contribution is 7.12. The summed E-state index contributed by atoms with van der Waals surface area (Å²) in [6, 6.07) is 17.9. The maximum atomic E-state index is 12.6. The van der Waals surface area contributed by atoms with E-state index in [9.17, 15) is 9.90 Å². The lowest BCUT2D eigenvalue weighted by atomic mass is 10.1. The fraction of sp³-hybridized carbons (Fsp3) is 0.292. The summed E-state index contributed by atoms with van der Waals surface area (Å²) in [4.78, 5) is 20.8. The predicted octanol–water partition coefficient (Wildman–Crippen LogP) is 3.93. The number of aliphatic hydroxyl groups is 1. The summed E-state index contributed by atoms with van der Waals surface area (Å²) in [7, 11) is 0. The topological polar surface area (TPSA) is 68.8 Å². The van der Waals surface area contributed by atoms with E-state index in [0.717, 1.165) is 32.4 Å². The number of nitrogens with one attached hydrogen (secondary N) is 1. The van der Waals surface area contributed by atoms with E-state index in [1.165, 1.54) is 11.3 Å². The number of piperazine rings is 1. The zero-order chi connectivity index (χ0) is 21.4. The molecule has 2 unspecified atom stereocenters. The Kier molecular flexibility index (Phi) is 5.40. The highest BCUT2D eigenvalue weighted by atomic mass is 32.1. The van der Waals surface area contributed by atoms with Crippen molar-refractivity contribution in [3.63, 3.8) is 0 Å². The molecular weight excluding hydrogens is 410 g/mol. The Bertz CT molecular complexity index is 1190. The van der Waals surface area contributed by atoms with E-state index in [1.54, 1.807) is 6.92 Å². The molecule has 1 aliphatic heterocycles. The van der Waals surface area contributed by atoms with Crippen molar-refractivity contribution in [1.29, 1.82) is 0 Å². The smallest absolute Gasteiger partial charge is 0.264 e. The van der Waals surface area contributed by atoms with Crippen molar-refractivity contribution >= 4 is 39.0 Å². The van der Waals surface area contributed by atoms with Gasteiger partial charge in [0.15, 0.2) is 6.23 Å². The van der Waals surface area contributed by atoms with Crippen LogP contribution < -0.4 is 4.74 Å². The summed E-state index contributed by atoms with van der Waals surface area (Å²) >= 11 is 1.47. The summed E-state index contributed by atoms with van der Waals surface area (Å²) in [6.07, 6.45) is -1.17. The van der Waals surface area contributed by atoms with Crippen LogP contribution in [0.25, 0.3) is 21.8 Å². The van der Waals surface area contributed by atoms with Crippen molar-refractivity contribution < 1.29 is 14.6 Å². The van der Waals surface area contributed by atoms with E-state index in [-0.39, 0.29) is 5.91 Å². The first-order valence-electron chi connectivity index (χ1n) is 10.5. The summed E-state index contributed by atoms with van der Waals surface area (Å²) in [5.41, 5.74) is 2.07. The molecular formula is C24H25N3O3S. The summed E-state index contributed by atoms with van der Waals surface area (Å²) in [6.45, 7) is 4.28. The molecule has 3 heterocycles. The first kappa shape index (κ1) is 20.1. The zero-order valence-corrected chi connectivity index (χ0v) is 18.1. The van der Waals surface area contributed by atoms with Crippen LogP contribution in [0.1, 0.15) is 16.6 Å². The fourth-order valence-corrected chi connectivity index (χ4v) is 5.00. The van der Waals surface area contributed by atoms with Gasteiger partial charge in [-0.15, -0.1) is 11.3 Å². The SMILES string of the molecule is CC(O)C(Oc1cccc2[nH]c3ccccc3c12)N1CCN(C(=O)c2cccs2)CC1. The van der Waals surface area contributed by atoms with E-state index >= 15 is 0 Å². The molecule has 1 saturated heterocycles. The number of nitrogens with zero attached hydrogens (tertiary/aromatic N) is 2. The molecule has 2 aromatic carbocycles. The molecule has 1 fully saturated rings. The van der Waals surface area contributed by atoms with Gasteiger partial charge in [0.1, 0.15) is 11.9 Å². The van der Waals surface area contributed by atoms with Crippen LogP contribution in [-0.4, -0.2) is 64.3 Å². The zero-order valence-electron chi connectivity index (χ0n) is 17.3.